The molecule has 2 aromatic heterocycles. The molecule has 6 heteroatoms. The number of aromatic nitrogens is 2. The molecule has 5 nitrogen and oxygen atoms in total. The highest BCUT2D eigenvalue weighted by Crippen LogP contribution is 2.28. The van der Waals surface area contributed by atoms with Crippen LogP contribution in [0.25, 0.3) is 0 Å². The average Bonchev–Trinajstić information content (AvgIpc) is 2.90. The van der Waals surface area contributed by atoms with Crippen molar-refractivity contribution in [2.24, 2.45) is 0 Å². The van der Waals surface area contributed by atoms with E-state index in [0.29, 0.717) is 11.7 Å². The van der Waals surface area contributed by atoms with Crippen LogP contribution in [-0.4, -0.2) is 23.6 Å². The molecule has 0 unspecified atom stereocenters. The van der Waals surface area contributed by atoms with Crippen LogP contribution in [0.5, 0.6) is 5.88 Å². The van der Waals surface area contributed by atoms with Crippen molar-refractivity contribution in [3.8, 4) is 5.88 Å². The number of anilines is 2. The highest BCUT2D eigenvalue weighted by Gasteiger charge is 2.21. The lowest BCUT2D eigenvalue weighted by Gasteiger charge is -2.24. The van der Waals surface area contributed by atoms with E-state index in [1.807, 2.05) is 0 Å². The number of ether oxygens (including phenoxy) is 1. The number of nitrogens with one attached hydrogen (secondary N) is 1. The summed E-state index contributed by atoms with van der Waals surface area (Å²) < 4.78 is 5.07. The Morgan fingerprint density at radius 2 is 2.21 bits per heavy atom. The van der Waals surface area contributed by atoms with E-state index < -0.39 is 0 Å². The summed E-state index contributed by atoms with van der Waals surface area (Å²) in [7, 11) is 1.56. The zero-order valence-corrected chi connectivity index (χ0v) is 12.1. The van der Waals surface area contributed by atoms with Crippen LogP contribution in [0.3, 0.4) is 0 Å². The van der Waals surface area contributed by atoms with E-state index in [0.717, 1.165) is 6.54 Å². The molecule has 0 saturated carbocycles. The van der Waals surface area contributed by atoms with Gasteiger partial charge in [0.05, 0.1) is 7.11 Å². The van der Waals surface area contributed by atoms with Gasteiger partial charge in [0, 0.05) is 22.9 Å². The number of hydrogen-bond acceptors (Lipinski definition) is 6. The van der Waals surface area contributed by atoms with Crippen LogP contribution >= 0.6 is 11.3 Å². The van der Waals surface area contributed by atoms with Gasteiger partial charge in [0.15, 0.2) is 0 Å². The molecule has 0 amide bonds. The maximum absolute atomic E-state index is 5.63. The molecule has 3 N–H and O–H groups in total. The highest BCUT2D eigenvalue weighted by molar-refractivity contribution is 7.10. The van der Waals surface area contributed by atoms with Gasteiger partial charge in [-0.3, -0.25) is 0 Å². The van der Waals surface area contributed by atoms with Crippen LogP contribution < -0.4 is 15.8 Å². The topological polar surface area (TPSA) is 73.1 Å². The maximum atomic E-state index is 5.63. The van der Waals surface area contributed by atoms with E-state index in [2.05, 4.69) is 46.6 Å². The van der Waals surface area contributed by atoms with Crippen LogP contribution in [0.4, 0.5) is 11.8 Å². The lowest BCUT2D eigenvalue weighted by atomic mass is 9.91. The number of thiophene rings is 1. The lowest BCUT2D eigenvalue weighted by Crippen LogP contribution is -2.27. The predicted molar refractivity (Wildman–Crippen MR) is 78.8 cm³/mol. The second-order valence-corrected chi connectivity index (χ2v) is 5.82. The fourth-order valence-corrected chi connectivity index (χ4v) is 2.55. The summed E-state index contributed by atoms with van der Waals surface area (Å²) in [5.41, 5.74) is 5.66. The van der Waals surface area contributed by atoms with Crippen molar-refractivity contribution in [3.63, 3.8) is 0 Å². The van der Waals surface area contributed by atoms with Gasteiger partial charge in [-0.25, -0.2) is 0 Å². The summed E-state index contributed by atoms with van der Waals surface area (Å²) in [6.45, 7) is 5.13. The molecule has 0 aliphatic heterocycles. The van der Waals surface area contributed by atoms with Gasteiger partial charge in [-0.15, -0.1) is 11.3 Å². The normalized spacial score (nSPS) is 11.3. The Morgan fingerprint density at radius 3 is 2.84 bits per heavy atom. The van der Waals surface area contributed by atoms with Crippen LogP contribution in [0.1, 0.15) is 18.7 Å². The van der Waals surface area contributed by atoms with Crippen molar-refractivity contribution in [3.05, 3.63) is 28.5 Å². The third kappa shape index (κ3) is 3.35. The van der Waals surface area contributed by atoms with Gasteiger partial charge in [0.2, 0.25) is 11.8 Å². The van der Waals surface area contributed by atoms with Gasteiger partial charge in [-0.2, -0.15) is 9.97 Å². The monoisotopic (exact) mass is 278 g/mol. The molecule has 2 rings (SSSR count). The third-order valence-corrected chi connectivity index (χ3v) is 4.06. The molecule has 19 heavy (non-hydrogen) atoms. The minimum atomic E-state index is 0.0289. The van der Waals surface area contributed by atoms with Gasteiger partial charge in [-0.1, -0.05) is 19.9 Å². The van der Waals surface area contributed by atoms with Crippen LogP contribution in [-0.2, 0) is 5.41 Å². The van der Waals surface area contributed by atoms with Crippen molar-refractivity contribution in [1.82, 2.24) is 9.97 Å². The Bertz CT molecular complexity index is 540. The van der Waals surface area contributed by atoms with Gasteiger partial charge < -0.3 is 15.8 Å². The summed E-state index contributed by atoms with van der Waals surface area (Å²) in [6, 6.07) is 5.94. The van der Waals surface area contributed by atoms with Crippen molar-refractivity contribution < 1.29 is 4.74 Å². The first-order chi connectivity index (χ1) is 9.01. The summed E-state index contributed by atoms with van der Waals surface area (Å²) in [4.78, 5) is 9.43. The summed E-state index contributed by atoms with van der Waals surface area (Å²) >= 11 is 1.75. The number of nitrogens with zero attached hydrogens (tertiary/aromatic N) is 2. The summed E-state index contributed by atoms with van der Waals surface area (Å²) in [6.07, 6.45) is 0. The molecule has 0 aliphatic carbocycles. The number of nitrogen functional groups attached to an aromatic ring is 1. The van der Waals surface area contributed by atoms with Crippen molar-refractivity contribution in [2.45, 2.75) is 19.3 Å². The molecule has 0 fully saturated rings. The summed E-state index contributed by atoms with van der Waals surface area (Å²) in [5.74, 6) is 1.34. The van der Waals surface area contributed by atoms with Crippen molar-refractivity contribution >= 4 is 23.1 Å². The third-order valence-electron chi connectivity index (χ3n) is 2.83. The number of hydrogen-bond donors (Lipinski definition) is 2. The van der Waals surface area contributed by atoms with Crippen LogP contribution in [0.15, 0.2) is 23.6 Å². The fourth-order valence-electron chi connectivity index (χ4n) is 1.70. The van der Waals surface area contributed by atoms with E-state index in [9.17, 15) is 0 Å². The molecule has 0 spiro atoms. The Balaban J connectivity index is 2.08. The molecule has 0 bridgehead atoms. The molecule has 0 aliphatic rings. The van der Waals surface area contributed by atoms with Crippen molar-refractivity contribution in [2.75, 3.05) is 24.7 Å². The van der Waals surface area contributed by atoms with Crippen molar-refractivity contribution in [1.29, 1.82) is 0 Å². The quantitative estimate of drug-likeness (QED) is 0.879. The van der Waals surface area contributed by atoms with E-state index in [4.69, 9.17) is 10.5 Å². The molecule has 0 atom stereocenters. The Labute approximate surface area is 116 Å². The predicted octanol–water partition coefficient (Wildman–Crippen LogP) is 2.52. The van der Waals surface area contributed by atoms with E-state index >= 15 is 0 Å². The van der Waals surface area contributed by atoms with Gasteiger partial charge in [0.25, 0.3) is 0 Å². The van der Waals surface area contributed by atoms with Crippen LogP contribution in [0, 0.1) is 0 Å². The number of rotatable bonds is 5. The number of nitrogens with two attached hydrogens (primary N) is 1. The molecule has 102 valence electrons. The Kier molecular flexibility index (Phi) is 3.90. The molecular formula is C13H18N4OS. The highest BCUT2D eigenvalue weighted by atomic mass is 32.1. The smallest absolute Gasteiger partial charge is 0.225 e. The standard InChI is InChI=1S/C13H18N4OS/c1-13(2,9-5-4-6-19-9)8-15-10-7-11(18-3)17-12(14)16-10/h4-7H,8H2,1-3H3,(H3,14,15,16,17). The van der Waals surface area contributed by atoms with E-state index in [1.54, 1.807) is 24.5 Å². The molecule has 2 aromatic rings. The minimum Gasteiger partial charge on any atom is -0.481 e. The SMILES string of the molecule is COc1cc(NCC(C)(C)c2cccs2)nc(N)n1. The zero-order valence-electron chi connectivity index (χ0n) is 11.3. The van der Waals surface area contributed by atoms with Gasteiger partial charge in [0.1, 0.15) is 5.82 Å². The first-order valence-electron chi connectivity index (χ1n) is 5.98. The maximum Gasteiger partial charge on any atom is 0.225 e. The first-order valence-corrected chi connectivity index (χ1v) is 6.85. The van der Waals surface area contributed by atoms with E-state index in [1.165, 1.54) is 4.88 Å². The molecular weight excluding hydrogens is 260 g/mol. The molecule has 0 saturated heterocycles. The van der Waals surface area contributed by atoms with E-state index in [-0.39, 0.29) is 11.4 Å². The van der Waals surface area contributed by atoms with Gasteiger partial charge >= 0.3 is 0 Å². The molecule has 0 aromatic carbocycles. The second kappa shape index (κ2) is 5.44. The first kappa shape index (κ1) is 13.6. The molecule has 2 heterocycles. The Morgan fingerprint density at radius 1 is 1.42 bits per heavy atom. The summed E-state index contributed by atoms with van der Waals surface area (Å²) in [5, 5.41) is 5.37. The average molecular weight is 278 g/mol. The number of methoxy groups -OCH3 is 1. The second-order valence-electron chi connectivity index (χ2n) is 4.87. The Hall–Kier alpha value is -1.82. The largest absolute Gasteiger partial charge is 0.481 e. The van der Waals surface area contributed by atoms with Gasteiger partial charge in [-0.05, 0) is 11.4 Å². The molecule has 0 radical (unpaired) electrons. The fraction of sp³-hybridized carbons (Fsp3) is 0.385. The lowest BCUT2D eigenvalue weighted by molar-refractivity contribution is 0.398. The minimum absolute atomic E-state index is 0.0289. The van der Waals surface area contributed by atoms with Crippen LogP contribution in [0.2, 0.25) is 0 Å². The zero-order chi connectivity index (χ0) is 13.9.